The molecule has 37 heavy (non-hydrogen) atoms. The monoisotopic (exact) mass is 501 g/mol. The van der Waals surface area contributed by atoms with Gasteiger partial charge >= 0.3 is 0 Å². The van der Waals surface area contributed by atoms with Crippen molar-refractivity contribution in [2.24, 2.45) is 0 Å². The van der Waals surface area contributed by atoms with Crippen molar-refractivity contribution in [1.82, 2.24) is 20.2 Å². The number of piperidine rings is 1. The summed E-state index contributed by atoms with van der Waals surface area (Å²) in [4.78, 5) is 26.1. The molecule has 0 unspecified atom stereocenters. The molecule has 0 bridgehead atoms. The van der Waals surface area contributed by atoms with E-state index in [4.69, 9.17) is 4.74 Å². The number of nitrogens with one attached hydrogen (secondary N) is 3. The quantitative estimate of drug-likeness (QED) is 0.433. The molecule has 2 aromatic carbocycles. The van der Waals surface area contributed by atoms with E-state index in [1.54, 1.807) is 6.20 Å². The average molecular weight is 502 g/mol. The number of aromatic nitrogens is 2. The summed E-state index contributed by atoms with van der Waals surface area (Å²) in [7, 11) is 2.14. The average Bonchev–Trinajstić information content (AvgIpc) is 2.94. The molecule has 0 radical (unpaired) electrons. The van der Waals surface area contributed by atoms with E-state index in [1.165, 1.54) is 5.69 Å². The minimum Gasteiger partial charge on any atom is -0.378 e. The normalized spacial score (nSPS) is 16.9. The Hall–Kier alpha value is -3.53. The van der Waals surface area contributed by atoms with Crippen LogP contribution in [0.2, 0.25) is 0 Å². The van der Waals surface area contributed by atoms with Crippen LogP contribution < -0.4 is 20.9 Å². The number of hydrogen-bond acceptors (Lipinski definition) is 8. The second kappa shape index (κ2) is 12.1. The van der Waals surface area contributed by atoms with Crippen molar-refractivity contribution in [3.8, 4) is 11.3 Å². The van der Waals surface area contributed by atoms with Gasteiger partial charge in [-0.05, 0) is 75.4 Å². The summed E-state index contributed by atoms with van der Waals surface area (Å²) in [5.41, 5.74) is 4.65. The van der Waals surface area contributed by atoms with Crippen LogP contribution in [0.15, 0.2) is 60.8 Å². The lowest BCUT2D eigenvalue weighted by molar-refractivity contribution is -0.115. The number of morpholine rings is 1. The molecule has 2 aliphatic rings. The number of ether oxygens (including phenoxy) is 1. The maximum atomic E-state index is 12.4. The van der Waals surface area contributed by atoms with Crippen LogP contribution in [0.1, 0.15) is 12.8 Å². The maximum Gasteiger partial charge on any atom is 0.238 e. The molecule has 0 aliphatic carbocycles. The van der Waals surface area contributed by atoms with Gasteiger partial charge < -0.3 is 30.5 Å². The molecule has 194 valence electrons. The lowest BCUT2D eigenvalue weighted by atomic mass is 10.1. The van der Waals surface area contributed by atoms with Gasteiger partial charge in [-0.25, -0.2) is 9.97 Å². The number of carbonyl (C=O) groups is 1. The second-order valence-corrected chi connectivity index (χ2v) is 9.62. The van der Waals surface area contributed by atoms with Crippen LogP contribution in [0.3, 0.4) is 0 Å². The zero-order chi connectivity index (χ0) is 25.5. The van der Waals surface area contributed by atoms with Crippen LogP contribution in [0.25, 0.3) is 11.3 Å². The molecule has 3 heterocycles. The van der Waals surface area contributed by atoms with Gasteiger partial charge in [0.25, 0.3) is 0 Å². The van der Waals surface area contributed by atoms with Crippen LogP contribution in [0, 0.1) is 0 Å². The summed E-state index contributed by atoms with van der Waals surface area (Å²) < 4.78 is 5.44. The summed E-state index contributed by atoms with van der Waals surface area (Å²) in [6.45, 7) is 5.83. The molecule has 0 spiro atoms. The first kappa shape index (κ1) is 25.1. The van der Waals surface area contributed by atoms with Crippen molar-refractivity contribution in [3.63, 3.8) is 0 Å². The van der Waals surface area contributed by atoms with E-state index in [-0.39, 0.29) is 5.91 Å². The summed E-state index contributed by atoms with van der Waals surface area (Å²) in [6, 6.07) is 18.3. The topological polar surface area (TPSA) is 94.7 Å². The highest BCUT2D eigenvalue weighted by molar-refractivity contribution is 5.92. The Bertz CT molecular complexity index is 1160. The van der Waals surface area contributed by atoms with Crippen molar-refractivity contribution in [2.75, 3.05) is 68.5 Å². The summed E-state index contributed by atoms with van der Waals surface area (Å²) in [5, 5.41) is 9.64. The minimum absolute atomic E-state index is 0.0279. The number of hydrogen-bond donors (Lipinski definition) is 3. The fourth-order valence-corrected chi connectivity index (χ4v) is 4.67. The van der Waals surface area contributed by atoms with Crippen LogP contribution >= 0.6 is 0 Å². The summed E-state index contributed by atoms with van der Waals surface area (Å²) in [5.74, 6) is 0.508. The van der Waals surface area contributed by atoms with Crippen LogP contribution in [-0.4, -0.2) is 79.8 Å². The number of carbonyl (C=O) groups excluding carboxylic acids is 1. The highest BCUT2D eigenvalue weighted by Crippen LogP contribution is 2.23. The largest absolute Gasteiger partial charge is 0.378 e. The minimum atomic E-state index is -0.0279. The van der Waals surface area contributed by atoms with Crippen LogP contribution in [0.5, 0.6) is 0 Å². The Labute approximate surface area is 218 Å². The molecule has 3 aromatic rings. The van der Waals surface area contributed by atoms with E-state index < -0.39 is 0 Å². The first-order valence-corrected chi connectivity index (χ1v) is 13.0. The third kappa shape index (κ3) is 7.03. The van der Waals surface area contributed by atoms with Crippen molar-refractivity contribution in [3.05, 3.63) is 60.8 Å². The first-order chi connectivity index (χ1) is 18.1. The number of rotatable bonds is 8. The third-order valence-electron chi connectivity index (χ3n) is 6.89. The van der Waals surface area contributed by atoms with Gasteiger partial charge in [-0.2, -0.15) is 0 Å². The van der Waals surface area contributed by atoms with Gasteiger partial charge in [0.1, 0.15) is 0 Å². The Kier molecular flexibility index (Phi) is 8.25. The molecule has 3 N–H and O–H groups in total. The Morgan fingerprint density at radius 1 is 0.946 bits per heavy atom. The van der Waals surface area contributed by atoms with E-state index in [0.29, 0.717) is 18.5 Å². The van der Waals surface area contributed by atoms with Crippen molar-refractivity contribution in [1.29, 1.82) is 0 Å². The van der Waals surface area contributed by atoms with Gasteiger partial charge in [0, 0.05) is 48.0 Å². The second-order valence-electron chi connectivity index (χ2n) is 9.62. The van der Waals surface area contributed by atoms with E-state index in [1.807, 2.05) is 42.5 Å². The van der Waals surface area contributed by atoms with Gasteiger partial charge in [-0.15, -0.1) is 0 Å². The van der Waals surface area contributed by atoms with Gasteiger partial charge in [-0.3, -0.25) is 4.79 Å². The molecule has 2 fully saturated rings. The molecule has 5 rings (SSSR count). The Morgan fingerprint density at radius 3 is 2.38 bits per heavy atom. The fraction of sp³-hybridized carbons (Fsp3) is 0.393. The molecule has 0 saturated carbocycles. The van der Waals surface area contributed by atoms with Crippen LogP contribution in [-0.2, 0) is 9.53 Å². The predicted molar refractivity (Wildman–Crippen MR) is 147 cm³/mol. The van der Waals surface area contributed by atoms with Crippen molar-refractivity contribution >= 4 is 28.9 Å². The van der Waals surface area contributed by atoms with Crippen molar-refractivity contribution in [2.45, 2.75) is 18.9 Å². The molecule has 2 saturated heterocycles. The molecular formula is C28H35N7O2. The standard InChI is InChI=1S/C28H35N7O2/c1-34-14-11-22(12-15-34)30-20-27(36)31-23-4-2-21(3-5-23)26-10-13-29-28(33-26)32-24-6-8-25(9-7-24)35-16-18-37-19-17-35/h2-10,13,22,30H,11-12,14-20H2,1H3,(H,31,36)(H,29,32,33). The molecular weight excluding hydrogens is 466 g/mol. The number of likely N-dealkylation sites (tertiary alicyclic amines) is 1. The van der Waals surface area contributed by atoms with Gasteiger partial charge in [-0.1, -0.05) is 12.1 Å². The summed E-state index contributed by atoms with van der Waals surface area (Å²) >= 11 is 0. The van der Waals surface area contributed by atoms with Gasteiger partial charge in [0.2, 0.25) is 11.9 Å². The molecule has 1 amide bonds. The molecule has 2 aliphatic heterocycles. The van der Waals surface area contributed by atoms with E-state index in [0.717, 1.165) is 74.9 Å². The van der Waals surface area contributed by atoms with E-state index in [2.05, 4.69) is 54.9 Å². The Balaban J connectivity index is 1.14. The molecule has 9 heteroatoms. The summed E-state index contributed by atoms with van der Waals surface area (Å²) in [6.07, 6.45) is 3.90. The highest BCUT2D eigenvalue weighted by atomic mass is 16.5. The zero-order valence-electron chi connectivity index (χ0n) is 21.3. The number of nitrogens with zero attached hydrogens (tertiary/aromatic N) is 4. The van der Waals surface area contributed by atoms with Crippen molar-refractivity contribution < 1.29 is 9.53 Å². The van der Waals surface area contributed by atoms with E-state index in [9.17, 15) is 4.79 Å². The molecule has 1 aromatic heterocycles. The zero-order valence-corrected chi connectivity index (χ0v) is 21.3. The fourth-order valence-electron chi connectivity index (χ4n) is 4.67. The van der Waals surface area contributed by atoms with Crippen LogP contribution in [0.4, 0.5) is 23.0 Å². The number of benzene rings is 2. The molecule has 0 atom stereocenters. The smallest absolute Gasteiger partial charge is 0.238 e. The SMILES string of the molecule is CN1CCC(NCC(=O)Nc2ccc(-c3ccnc(Nc4ccc(N5CCOCC5)cc4)n3)cc2)CC1. The van der Waals surface area contributed by atoms with Gasteiger partial charge in [0.05, 0.1) is 25.5 Å². The number of amides is 1. The predicted octanol–water partition coefficient (Wildman–Crippen LogP) is 3.35. The lowest BCUT2D eigenvalue weighted by Crippen LogP contribution is -2.43. The molecule has 9 nitrogen and oxygen atoms in total. The van der Waals surface area contributed by atoms with Gasteiger partial charge in [0.15, 0.2) is 0 Å². The highest BCUT2D eigenvalue weighted by Gasteiger charge is 2.17. The lowest BCUT2D eigenvalue weighted by Gasteiger charge is -2.29. The third-order valence-corrected chi connectivity index (χ3v) is 6.89. The van der Waals surface area contributed by atoms with E-state index >= 15 is 0 Å². The number of anilines is 4. The first-order valence-electron chi connectivity index (χ1n) is 13.0. The maximum absolute atomic E-state index is 12.4. The Morgan fingerprint density at radius 2 is 1.65 bits per heavy atom.